The van der Waals surface area contributed by atoms with Crippen LogP contribution in [0.2, 0.25) is 10.0 Å². The number of anilines is 1. The van der Waals surface area contributed by atoms with Gasteiger partial charge in [-0.05, 0) is 30.3 Å². The summed E-state index contributed by atoms with van der Waals surface area (Å²) in [5.41, 5.74) is 0.344. The van der Waals surface area contributed by atoms with Gasteiger partial charge in [-0.15, -0.1) is 22.0 Å². The summed E-state index contributed by atoms with van der Waals surface area (Å²) in [6.07, 6.45) is 0. The van der Waals surface area contributed by atoms with Crippen molar-refractivity contribution in [2.24, 2.45) is 0 Å². The van der Waals surface area contributed by atoms with Crippen LogP contribution >= 0.6 is 46.3 Å². The molecule has 0 spiro atoms. The van der Waals surface area contributed by atoms with Crippen molar-refractivity contribution in [1.82, 2.24) is 10.2 Å². The molecule has 0 aliphatic carbocycles. The maximum absolute atomic E-state index is 12.2. The van der Waals surface area contributed by atoms with Crippen molar-refractivity contribution in [2.75, 3.05) is 5.32 Å². The first-order valence-corrected chi connectivity index (χ1v) is 9.44. The lowest BCUT2D eigenvalue weighted by atomic mass is 10.2. The van der Waals surface area contributed by atoms with Crippen LogP contribution in [0.1, 0.15) is 15.4 Å². The number of carbonyl (C=O) groups is 1. The van der Waals surface area contributed by atoms with E-state index in [1.165, 1.54) is 17.4 Å². The van der Waals surface area contributed by atoms with E-state index in [2.05, 4.69) is 15.5 Å². The number of benzene rings is 2. The van der Waals surface area contributed by atoms with E-state index in [4.69, 9.17) is 23.2 Å². The number of hydrogen-bond acceptors (Lipinski definition) is 5. The number of thioether (sulfide) groups is 1. The second kappa shape index (κ2) is 7.98. The molecule has 0 aliphatic heterocycles. The Labute approximate surface area is 157 Å². The third kappa shape index (κ3) is 4.48. The Morgan fingerprint density at radius 1 is 1.12 bits per heavy atom. The minimum atomic E-state index is -0.338. The molecule has 0 saturated heterocycles. The molecule has 0 radical (unpaired) electrons. The van der Waals surface area contributed by atoms with Gasteiger partial charge in [-0.3, -0.25) is 10.1 Å². The SMILES string of the molecule is O=C(Nc1nnc(CSc2ccccc2)s1)c1ccc(Cl)cc1Cl. The molecule has 8 heteroatoms. The lowest BCUT2D eigenvalue weighted by Crippen LogP contribution is -2.12. The van der Waals surface area contributed by atoms with Crippen LogP contribution in [0, 0.1) is 0 Å². The number of hydrogen-bond donors (Lipinski definition) is 1. The number of nitrogens with one attached hydrogen (secondary N) is 1. The van der Waals surface area contributed by atoms with Crippen molar-refractivity contribution in [3.63, 3.8) is 0 Å². The normalized spacial score (nSPS) is 10.6. The average Bonchev–Trinajstić information content (AvgIpc) is 3.01. The third-order valence-electron chi connectivity index (χ3n) is 2.97. The predicted octanol–water partition coefficient (Wildman–Crippen LogP) is 5.39. The lowest BCUT2D eigenvalue weighted by molar-refractivity contribution is 0.102. The Hall–Kier alpha value is -1.60. The molecule has 1 heterocycles. The first kappa shape index (κ1) is 17.2. The molecule has 24 heavy (non-hydrogen) atoms. The molecule has 1 N–H and O–H groups in total. The van der Waals surface area contributed by atoms with Gasteiger partial charge in [-0.25, -0.2) is 0 Å². The van der Waals surface area contributed by atoms with E-state index in [1.54, 1.807) is 23.9 Å². The van der Waals surface area contributed by atoms with Gasteiger partial charge in [0.1, 0.15) is 5.01 Å². The number of carbonyl (C=O) groups excluding carboxylic acids is 1. The highest BCUT2D eigenvalue weighted by molar-refractivity contribution is 7.98. The van der Waals surface area contributed by atoms with Crippen molar-refractivity contribution in [1.29, 1.82) is 0 Å². The van der Waals surface area contributed by atoms with Crippen molar-refractivity contribution in [3.05, 3.63) is 69.1 Å². The van der Waals surface area contributed by atoms with Gasteiger partial charge >= 0.3 is 0 Å². The predicted molar refractivity (Wildman–Crippen MR) is 100 cm³/mol. The first-order valence-electron chi connectivity index (χ1n) is 6.88. The maximum Gasteiger partial charge on any atom is 0.259 e. The monoisotopic (exact) mass is 395 g/mol. The summed E-state index contributed by atoms with van der Waals surface area (Å²) in [4.78, 5) is 13.4. The van der Waals surface area contributed by atoms with Crippen LogP contribution in [0.3, 0.4) is 0 Å². The second-order valence-corrected chi connectivity index (χ2v) is 7.64. The van der Waals surface area contributed by atoms with Gasteiger partial charge < -0.3 is 0 Å². The Kier molecular flexibility index (Phi) is 5.73. The summed E-state index contributed by atoms with van der Waals surface area (Å²) < 4.78 is 0. The second-order valence-electron chi connectivity index (χ2n) is 4.68. The molecule has 0 fully saturated rings. The largest absolute Gasteiger partial charge is 0.296 e. The summed E-state index contributed by atoms with van der Waals surface area (Å²) >= 11 is 14.9. The highest BCUT2D eigenvalue weighted by atomic mass is 35.5. The van der Waals surface area contributed by atoms with Crippen LogP contribution in [-0.4, -0.2) is 16.1 Å². The molecular formula is C16H11Cl2N3OS2. The van der Waals surface area contributed by atoms with Crippen LogP contribution in [0.15, 0.2) is 53.4 Å². The molecule has 0 aliphatic rings. The molecule has 1 amide bonds. The number of nitrogens with zero attached hydrogens (tertiary/aromatic N) is 2. The van der Waals surface area contributed by atoms with Gasteiger partial charge in [0.05, 0.1) is 16.3 Å². The molecule has 3 aromatic rings. The van der Waals surface area contributed by atoms with Crippen molar-refractivity contribution in [3.8, 4) is 0 Å². The molecule has 0 unspecified atom stereocenters. The summed E-state index contributed by atoms with van der Waals surface area (Å²) in [6, 6.07) is 14.8. The zero-order valence-corrected chi connectivity index (χ0v) is 15.3. The van der Waals surface area contributed by atoms with Crippen LogP contribution in [0.5, 0.6) is 0 Å². The Morgan fingerprint density at radius 3 is 2.67 bits per heavy atom. The van der Waals surface area contributed by atoms with E-state index in [0.29, 0.717) is 26.5 Å². The highest BCUT2D eigenvalue weighted by Crippen LogP contribution is 2.27. The molecule has 2 aromatic carbocycles. The average molecular weight is 396 g/mol. The fourth-order valence-corrected chi connectivity index (χ4v) is 4.00. The quantitative estimate of drug-likeness (QED) is 0.588. The number of aromatic nitrogens is 2. The van der Waals surface area contributed by atoms with Crippen LogP contribution in [0.4, 0.5) is 5.13 Å². The maximum atomic E-state index is 12.2. The number of halogens is 2. The third-order valence-corrected chi connectivity index (χ3v) is 5.56. The fraction of sp³-hybridized carbons (Fsp3) is 0.0625. The van der Waals surface area contributed by atoms with Gasteiger partial charge in [0.2, 0.25) is 5.13 Å². The molecule has 3 rings (SSSR count). The molecule has 0 bridgehead atoms. The van der Waals surface area contributed by atoms with E-state index in [9.17, 15) is 4.79 Å². The fourth-order valence-electron chi connectivity index (χ4n) is 1.86. The summed E-state index contributed by atoms with van der Waals surface area (Å²) in [7, 11) is 0. The van der Waals surface area contributed by atoms with E-state index >= 15 is 0 Å². The Morgan fingerprint density at radius 2 is 1.92 bits per heavy atom. The lowest BCUT2D eigenvalue weighted by Gasteiger charge is -2.03. The van der Waals surface area contributed by atoms with Crippen LogP contribution < -0.4 is 5.32 Å². The van der Waals surface area contributed by atoms with Gasteiger partial charge in [-0.2, -0.15) is 0 Å². The van der Waals surface area contributed by atoms with Crippen molar-refractivity contribution < 1.29 is 4.79 Å². The molecule has 4 nitrogen and oxygen atoms in total. The van der Waals surface area contributed by atoms with Gasteiger partial charge in [0, 0.05) is 9.92 Å². The van der Waals surface area contributed by atoms with Crippen LogP contribution in [-0.2, 0) is 5.75 Å². The standard InChI is InChI=1S/C16H11Cl2N3OS2/c17-10-6-7-12(13(18)8-10)15(22)19-16-21-20-14(24-16)9-23-11-4-2-1-3-5-11/h1-8H,9H2,(H,19,21,22). The Balaban J connectivity index is 1.62. The van der Waals surface area contributed by atoms with Gasteiger partial charge in [0.25, 0.3) is 5.91 Å². The van der Waals surface area contributed by atoms with Gasteiger partial charge in [0.15, 0.2) is 0 Å². The minimum absolute atomic E-state index is 0.296. The first-order chi connectivity index (χ1) is 11.6. The molecule has 1 aromatic heterocycles. The molecule has 122 valence electrons. The van der Waals surface area contributed by atoms with Gasteiger partial charge in [-0.1, -0.05) is 52.7 Å². The van der Waals surface area contributed by atoms with E-state index in [-0.39, 0.29) is 5.91 Å². The number of amides is 1. The smallest absolute Gasteiger partial charge is 0.259 e. The van der Waals surface area contributed by atoms with Crippen molar-refractivity contribution >= 4 is 57.3 Å². The van der Waals surface area contributed by atoms with E-state index in [0.717, 1.165) is 9.90 Å². The molecule has 0 atom stereocenters. The summed E-state index contributed by atoms with van der Waals surface area (Å²) in [5, 5.41) is 12.8. The summed E-state index contributed by atoms with van der Waals surface area (Å²) in [5.74, 6) is 0.356. The van der Waals surface area contributed by atoms with E-state index in [1.807, 2.05) is 30.3 Å². The minimum Gasteiger partial charge on any atom is -0.296 e. The summed E-state index contributed by atoms with van der Waals surface area (Å²) in [6.45, 7) is 0. The zero-order chi connectivity index (χ0) is 16.9. The van der Waals surface area contributed by atoms with Crippen molar-refractivity contribution in [2.45, 2.75) is 10.6 Å². The van der Waals surface area contributed by atoms with Crippen LogP contribution in [0.25, 0.3) is 0 Å². The Bertz CT molecular complexity index is 856. The van der Waals surface area contributed by atoms with E-state index < -0.39 is 0 Å². The number of rotatable bonds is 5. The zero-order valence-electron chi connectivity index (χ0n) is 12.2. The molecule has 0 saturated carbocycles. The molecular weight excluding hydrogens is 385 g/mol. The topological polar surface area (TPSA) is 54.9 Å². The highest BCUT2D eigenvalue weighted by Gasteiger charge is 2.13.